The van der Waals surface area contributed by atoms with Crippen molar-refractivity contribution in [2.75, 3.05) is 6.61 Å². The fourth-order valence-electron chi connectivity index (χ4n) is 2.59. The molecule has 1 nitrogen and oxygen atoms in total. The van der Waals surface area contributed by atoms with Crippen LogP contribution in [0.5, 0.6) is 0 Å². The number of hydrogen-bond donors (Lipinski definition) is 0. The second-order valence-electron chi connectivity index (χ2n) is 5.63. The molecule has 0 N–H and O–H groups in total. The van der Waals surface area contributed by atoms with Crippen LogP contribution in [0.2, 0.25) is 17.6 Å². The van der Waals surface area contributed by atoms with E-state index in [1.165, 1.54) is 24.1 Å². The van der Waals surface area contributed by atoms with E-state index in [0.717, 1.165) is 17.2 Å². The van der Waals surface area contributed by atoms with Crippen molar-refractivity contribution in [1.82, 2.24) is 0 Å². The smallest absolute Gasteiger partial charge is 0.221 e. The number of benzene rings is 2. The molecule has 2 aromatic rings. The van der Waals surface area contributed by atoms with Gasteiger partial charge in [0, 0.05) is 11.6 Å². The third kappa shape index (κ3) is 4.57. The van der Waals surface area contributed by atoms with Crippen molar-refractivity contribution >= 4 is 31.2 Å². The van der Waals surface area contributed by atoms with Crippen LogP contribution in [0.15, 0.2) is 61.2 Å². The molecule has 2 aromatic carbocycles. The minimum Gasteiger partial charge on any atom is -0.413 e. The first-order valence-electron chi connectivity index (χ1n) is 7.72. The zero-order chi connectivity index (χ0) is 15.8. The third-order valence-electron chi connectivity index (χ3n) is 3.98. The van der Waals surface area contributed by atoms with Gasteiger partial charge in [0.2, 0.25) is 8.32 Å². The molecule has 0 spiro atoms. The Bertz CT molecular complexity index is 591. The van der Waals surface area contributed by atoms with E-state index in [4.69, 9.17) is 16.0 Å². The summed E-state index contributed by atoms with van der Waals surface area (Å²) in [5.41, 5.74) is 0.985. The maximum Gasteiger partial charge on any atom is 0.221 e. The van der Waals surface area contributed by atoms with E-state index in [9.17, 15) is 0 Å². The van der Waals surface area contributed by atoms with Crippen LogP contribution in [0.3, 0.4) is 0 Å². The summed E-state index contributed by atoms with van der Waals surface area (Å²) in [6, 6.07) is 19.6. The maximum absolute atomic E-state index is 5.99. The molecule has 0 aliphatic carbocycles. The molecule has 22 heavy (non-hydrogen) atoms. The quantitative estimate of drug-likeness (QED) is 0.682. The van der Waals surface area contributed by atoms with Gasteiger partial charge < -0.3 is 4.43 Å². The summed E-state index contributed by atoms with van der Waals surface area (Å²) in [6.07, 6.45) is 4.33. The van der Waals surface area contributed by atoms with E-state index in [1.807, 2.05) is 24.3 Å². The van der Waals surface area contributed by atoms with Crippen molar-refractivity contribution in [2.24, 2.45) is 0 Å². The van der Waals surface area contributed by atoms with Crippen LogP contribution >= 0.6 is 11.6 Å². The average Bonchev–Trinajstić information content (AvgIpc) is 2.57. The molecule has 1 aliphatic rings. The van der Waals surface area contributed by atoms with Gasteiger partial charge in [-0.05, 0) is 35.8 Å². The van der Waals surface area contributed by atoms with E-state index in [2.05, 4.69) is 43.5 Å². The van der Waals surface area contributed by atoms with Crippen molar-refractivity contribution in [3.8, 4) is 0 Å². The van der Waals surface area contributed by atoms with Gasteiger partial charge in [0.15, 0.2) is 0 Å². The lowest BCUT2D eigenvalue weighted by Crippen LogP contribution is -2.49. The van der Waals surface area contributed by atoms with E-state index in [-0.39, 0.29) is 0 Å². The molecular weight excluding hydrogens is 308 g/mol. The van der Waals surface area contributed by atoms with Gasteiger partial charge in [0.25, 0.3) is 0 Å². The molecule has 0 saturated carbocycles. The number of hydrogen-bond acceptors (Lipinski definition) is 1. The molecule has 1 atom stereocenters. The van der Waals surface area contributed by atoms with Gasteiger partial charge in [-0.2, -0.15) is 0 Å². The molecular formula is C19H23ClOSi. The molecule has 3 heteroatoms. The Kier molecular flexibility index (Phi) is 6.44. The van der Waals surface area contributed by atoms with E-state index in [1.54, 1.807) is 6.08 Å². The summed E-state index contributed by atoms with van der Waals surface area (Å²) < 4.78 is 5.99. The zero-order valence-corrected chi connectivity index (χ0v) is 14.9. The lowest BCUT2D eigenvalue weighted by atomic mass is 10.2. The number of rotatable bonds is 2. The molecule has 1 aliphatic heterocycles. The summed E-state index contributed by atoms with van der Waals surface area (Å²) in [6.45, 7) is 6.91. The molecule has 1 unspecified atom stereocenters. The molecule has 0 bridgehead atoms. The monoisotopic (exact) mass is 330 g/mol. The first-order valence-corrected chi connectivity index (χ1v) is 10.7. The van der Waals surface area contributed by atoms with Crippen LogP contribution in [-0.4, -0.2) is 14.9 Å². The summed E-state index contributed by atoms with van der Waals surface area (Å²) in [4.78, 5) is 0. The van der Waals surface area contributed by atoms with Gasteiger partial charge in [0.1, 0.15) is 0 Å². The van der Waals surface area contributed by atoms with Gasteiger partial charge in [-0.15, -0.1) is 0 Å². The van der Waals surface area contributed by atoms with Gasteiger partial charge in [-0.3, -0.25) is 0 Å². The van der Waals surface area contributed by atoms with Crippen molar-refractivity contribution < 1.29 is 4.43 Å². The summed E-state index contributed by atoms with van der Waals surface area (Å²) >= 11 is 5.75. The van der Waals surface area contributed by atoms with Crippen LogP contribution in [0, 0.1) is 0 Å². The van der Waals surface area contributed by atoms with E-state index >= 15 is 0 Å². The van der Waals surface area contributed by atoms with Crippen molar-refractivity contribution in [1.29, 1.82) is 0 Å². The SMILES string of the molecule is C=Cc1ccccc1Cl.C[Si]1(c2ccccc2)CCCCO1. The maximum atomic E-state index is 5.99. The fourth-order valence-corrected chi connectivity index (χ4v) is 5.82. The van der Waals surface area contributed by atoms with Gasteiger partial charge in [0.05, 0.1) is 0 Å². The van der Waals surface area contributed by atoms with Gasteiger partial charge in [-0.1, -0.05) is 79.2 Å². The molecule has 0 amide bonds. The van der Waals surface area contributed by atoms with Crippen molar-refractivity contribution in [3.63, 3.8) is 0 Å². The third-order valence-corrected chi connectivity index (χ3v) is 8.03. The van der Waals surface area contributed by atoms with Crippen LogP contribution in [0.4, 0.5) is 0 Å². The molecule has 0 aromatic heterocycles. The standard InChI is InChI=1S/C11H16OSi.C8H7Cl/c1-13(10-6-5-9-12-13)11-7-3-2-4-8-11;1-2-7-5-3-4-6-8(7)9/h2-4,7-8H,5-6,9-10H2,1H3;2-6H,1H2. The predicted molar refractivity (Wildman–Crippen MR) is 99.2 cm³/mol. The van der Waals surface area contributed by atoms with E-state index < -0.39 is 8.32 Å². The van der Waals surface area contributed by atoms with Crippen molar-refractivity contribution in [2.45, 2.75) is 25.4 Å². The molecule has 1 saturated heterocycles. The second-order valence-corrected chi connectivity index (χ2v) is 9.86. The minimum atomic E-state index is -1.51. The molecule has 116 valence electrons. The Morgan fingerprint density at radius 3 is 2.27 bits per heavy atom. The average molecular weight is 331 g/mol. The first-order chi connectivity index (χ1) is 10.7. The fraction of sp³-hybridized carbons (Fsp3) is 0.263. The highest BCUT2D eigenvalue weighted by molar-refractivity contribution is 6.85. The molecule has 1 fully saturated rings. The first kappa shape index (κ1) is 17.0. The predicted octanol–water partition coefficient (Wildman–Crippen LogP) is 5.26. The van der Waals surface area contributed by atoms with Crippen LogP contribution in [0.25, 0.3) is 6.08 Å². The van der Waals surface area contributed by atoms with E-state index in [0.29, 0.717) is 0 Å². The topological polar surface area (TPSA) is 9.23 Å². The largest absolute Gasteiger partial charge is 0.413 e. The number of halogens is 1. The summed E-state index contributed by atoms with van der Waals surface area (Å²) in [5.74, 6) is 0. The van der Waals surface area contributed by atoms with Crippen LogP contribution in [0.1, 0.15) is 18.4 Å². The highest BCUT2D eigenvalue weighted by Gasteiger charge is 2.32. The summed E-state index contributed by atoms with van der Waals surface area (Å²) in [5, 5.41) is 2.21. The highest BCUT2D eigenvalue weighted by Crippen LogP contribution is 2.21. The van der Waals surface area contributed by atoms with Crippen LogP contribution < -0.4 is 5.19 Å². The Balaban J connectivity index is 0.000000172. The zero-order valence-electron chi connectivity index (χ0n) is 13.1. The minimum absolute atomic E-state index is 0.757. The second kappa shape index (κ2) is 8.32. The Labute approximate surface area is 139 Å². The highest BCUT2D eigenvalue weighted by atomic mass is 35.5. The van der Waals surface area contributed by atoms with Crippen LogP contribution in [-0.2, 0) is 4.43 Å². The van der Waals surface area contributed by atoms with Gasteiger partial charge in [-0.25, -0.2) is 0 Å². The Hall–Kier alpha value is -1.35. The lowest BCUT2D eigenvalue weighted by molar-refractivity contribution is 0.279. The molecule has 0 radical (unpaired) electrons. The van der Waals surface area contributed by atoms with Crippen molar-refractivity contribution in [3.05, 3.63) is 71.8 Å². The Morgan fingerprint density at radius 1 is 1.05 bits per heavy atom. The molecule has 1 heterocycles. The molecule has 3 rings (SSSR count). The summed E-state index contributed by atoms with van der Waals surface area (Å²) in [7, 11) is -1.51. The normalized spacial score (nSPS) is 20.6. The Morgan fingerprint density at radius 2 is 1.73 bits per heavy atom. The lowest BCUT2D eigenvalue weighted by Gasteiger charge is -2.31. The van der Waals surface area contributed by atoms with Gasteiger partial charge >= 0.3 is 0 Å².